The zero-order valence-electron chi connectivity index (χ0n) is 9.77. The van der Waals surface area contributed by atoms with Crippen LogP contribution >= 0.6 is 11.3 Å². The van der Waals surface area contributed by atoms with Crippen LogP contribution < -0.4 is 4.90 Å². The van der Waals surface area contributed by atoms with Gasteiger partial charge < -0.3 is 14.7 Å². The van der Waals surface area contributed by atoms with Crippen LogP contribution in [0.4, 0.5) is 5.13 Å². The first kappa shape index (κ1) is 11.8. The Balaban J connectivity index is 2.09. The third-order valence-electron chi connectivity index (χ3n) is 3.12. The van der Waals surface area contributed by atoms with Crippen LogP contribution in [0.25, 0.3) is 0 Å². The van der Waals surface area contributed by atoms with Crippen molar-refractivity contribution < 1.29 is 9.84 Å². The molecule has 5 heteroatoms. The summed E-state index contributed by atoms with van der Waals surface area (Å²) in [6.07, 6.45) is 3.97. The summed E-state index contributed by atoms with van der Waals surface area (Å²) in [6, 6.07) is 0. The van der Waals surface area contributed by atoms with E-state index < -0.39 is 0 Å². The number of nitrogens with zero attached hydrogens (tertiary/aromatic N) is 2. The van der Waals surface area contributed by atoms with Gasteiger partial charge in [-0.25, -0.2) is 4.98 Å². The third kappa shape index (κ3) is 2.36. The maximum absolute atomic E-state index is 9.03. The molecule has 16 heavy (non-hydrogen) atoms. The monoisotopic (exact) mass is 242 g/mol. The molecule has 1 fully saturated rings. The Morgan fingerprint density at radius 2 is 2.50 bits per heavy atom. The molecule has 1 aliphatic heterocycles. The van der Waals surface area contributed by atoms with Crippen LogP contribution in [0, 0.1) is 0 Å². The summed E-state index contributed by atoms with van der Waals surface area (Å²) in [5, 5.41) is 10.0. The number of anilines is 1. The van der Waals surface area contributed by atoms with Crippen LogP contribution in [0.15, 0.2) is 6.20 Å². The molecule has 0 radical (unpaired) electrons. The number of rotatable bonds is 3. The van der Waals surface area contributed by atoms with Gasteiger partial charge in [0.15, 0.2) is 5.13 Å². The molecule has 1 aromatic heterocycles. The number of piperidine rings is 1. The summed E-state index contributed by atoms with van der Waals surface area (Å²) in [5.41, 5.74) is -0.0662. The molecule has 1 saturated heterocycles. The standard InChI is InChI=1S/C11H18N2O2S/c1-11(15-2)4-3-5-13(8-11)10-12-6-9(7-14)16-10/h6,14H,3-5,7-8H2,1-2H3. The van der Waals surface area contributed by atoms with E-state index in [-0.39, 0.29) is 12.2 Å². The van der Waals surface area contributed by atoms with E-state index in [4.69, 9.17) is 9.84 Å². The van der Waals surface area contributed by atoms with Crippen LogP contribution in [0.5, 0.6) is 0 Å². The first-order valence-corrected chi connectivity index (χ1v) is 6.34. The molecule has 4 nitrogen and oxygen atoms in total. The number of methoxy groups -OCH3 is 1. The van der Waals surface area contributed by atoms with Crippen LogP contribution in [0.2, 0.25) is 0 Å². The number of aliphatic hydroxyl groups excluding tert-OH is 1. The van der Waals surface area contributed by atoms with E-state index in [9.17, 15) is 0 Å². The molecule has 90 valence electrons. The van der Waals surface area contributed by atoms with E-state index in [2.05, 4.69) is 16.8 Å². The third-order valence-corrected chi connectivity index (χ3v) is 4.16. The predicted octanol–water partition coefficient (Wildman–Crippen LogP) is 1.64. The molecule has 0 saturated carbocycles. The highest BCUT2D eigenvalue weighted by Crippen LogP contribution is 2.30. The van der Waals surface area contributed by atoms with Crippen molar-refractivity contribution in [2.24, 2.45) is 0 Å². The lowest BCUT2D eigenvalue weighted by Gasteiger charge is -2.39. The second-order valence-corrected chi connectivity index (χ2v) is 5.54. The Bertz CT molecular complexity index is 356. The number of thiazole rings is 1. The van der Waals surface area contributed by atoms with Crippen molar-refractivity contribution in [3.05, 3.63) is 11.1 Å². The summed E-state index contributed by atoms with van der Waals surface area (Å²) in [4.78, 5) is 7.50. The largest absolute Gasteiger partial charge is 0.391 e. The van der Waals surface area contributed by atoms with Gasteiger partial charge in [0.05, 0.1) is 17.1 Å². The second kappa shape index (κ2) is 4.69. The molecule has 0 aromatic carbocycles. The van der Waals surface area contributed by atoms with E-state index in [1.807, 2.05) is 0 Å². The van der Waals surface area contributed by atoms with Crippen molar-refractivity contribution in [1.29, 1.82) is 0 Å². The highest BCUT2D eigenvalue weighted by atomic mass is 32.1. The lowest BCUT2D eigenvalue weighted by atomic mass is 9.95. The van der Waals surface area contributed by atoms with Crippen molar-refractivity contribution in [2.75, 3.05) is 25.1 Å². The molecule has 1 aliphatic rings. The van der Waals surface area contributed by atoms with Gasteiger partial charge in [0.2, 0.25) is 0 Å². The Morgan fingerprint density at radius 3 is 3.12 bits per heavy atom. The Hall–Kier alpha value is -0.650. The minimum Gasteiger partial charge on any atom is -0.391 e. The quantitative estimate of drug-likeness (QED) is 0.875. The van der Waals surface area contributed by atoms with E-state index in [1.54, 1.807) is 24.6 Å². The van der Waals surface area contributed by atoms with Gasteiger partial charge in [0.1, 0.15) is 0 Å². The first-order valence-electron chi connectivity index (χ1n) is 5.52. The molecular formula is C11H18N2O2S. The van der Waals surface area contributed by atoms with Gasteiger partial charge in [0, 0.05) is 26.4 Å². The summed E-state index contributed by atoms with van der Waals surface area (Å²) < 4.78 is 5.55. The smallest absolute Gasteiger partial charge is 0.185 e. The van der Waals surface area contributed by atoms with Gasteiger partial charge in [-0.3, -0.25) is 0 Å². The Morgan fingerprint density at radius 1 is 1.69 bits per heavy atom. The maximum Gasteiger partial charge on any atom is 0.185 e. The number of ether oxygens (including phenoxy) is 1. The summed E-state index contributed by atoms with van der Waals surface area (Å²) in [5.74, 6) is 0. The Labute approximate surface area is 99.9 Å². The van der Waals surface area contributed by atoms with Gasteiger partial charge in [-0.05, 0) is 19.8 Å². The molecule has 1 aromatic rings. The second-order valence-electron chi connectivity index (χ2n) is 4.45. The lowest BCUT2D eigenvalue weighted by Crippen LogP contribution is -2.47. The SMILES string of the molecule is COC1(C)CCCN(c2ncc(CO)s2)C1. The van der Waals surface area contributed by atoms with E-state index in [0.29, 0.717) is 0 Å². The number of hydrogen-bond acceptors (Lipinski definition) is 5. The van der Waals surface area contributed by atoms with Crippen molar-refractivity contribution >= 4 is 16.5 Å². The predicted molar refractivity (Wildman–Crippen MR) is 64.9 cm³/mol. The molecular weight excluding hydrogens is 224 g/mol. The van der Waals surface area contributed by atoms with Gasteiger partial charge >= 0.3 is 0 Å². The molecule has 1 atom stereocenters. The minimum atomic E-state index is -0.0662. The summed E-state index contributed by atoms with van der Waals surface area (Å²) in [6.45, 7) is 4.12. The van der Waals surface area contributed by atoms with Crippen LogP contribution in [-0.2, 0) is 11.3 Å². The molecule has 0 aliphatic carbocycles. The Kier molecular flexibility index (Phi) is 3.47. The summed E-state index contributed by atoms with van der Waals surface area (Å²) >= 11 is 1.56. The zero-order valence-corrected chi connectivity index (χ0v) is 10.6. The van der Waals surface area contributed by atoms with Gasteiger partial charge in [-0.2, -0.15) is 0 Å². The molecule has 2 heterocycles. The van der Waals surface area contributed by atoms with Crippen molar-refractivity contribution in [2.45, 2.75) is 32.0 Å². The highest BCUT2D eigenvalue weighted by Gasteiger charge is 2.31. The molecule has 0 amide bonds. The maximum atomic E-state index is 9.03. The van der Waals surface area contributed by atoms with Gasteiger partial charge in [-0.15, -0.1) is 0 Å². The molecule has 2 rings (SSSR count). The van der Waals surface area contributed by atoms with Crippen LogP contribution in [0.3, 0.4) is 0 Å². The lowest BCUT2D eigenvalue weighted by molar-refractivity contribution is -0.00466. The highest BCUT2D eigenvalue weighted by molar-refractivity contribution is 7.15. The number of aliphatic hydroxyl groups is 1. The molecule has 1 N–H and O–H groups in total. The van der Waals surface area contributed by atoms with Crippen molar-refractivity contribution in [1.82, 2.24) is 4.98 Å². The molecule has 0 bridgehead atoms. The normalized spacial score (nSPS) is 26.1. The number of hydrogen-bond donors (Lipinski definition) is 1. The average molecular weight is 242 g/mol. The van der Waals surface area contributed by atoms with Gasteiger partial charge in [-0.1, -0.05) is 11.3 Å². The fourth-order valence-electron chi connectivity index (χ4n) is 2.05. The van der Waals surface area contributed by atoms with E-state index >= 15 is 0 Å². The molecule has 1 unspecified atom stereocenters. The van der Waals surface area contributed by atoms with Crippen LogP contribution in [-0.4, -0.2) is 35.9 Å². The zero-order chi connectivity index (χ0) is 11.6. The average Bonchev–Trinajstić information content (AvgIpc) is 2.78. The first-order chi connectivity index (χ1) is 7.67. The fraction of sp³-hybridized carbons (Fsp3) is 0.727. The van der Waals surface area contributed by atoms with E-state index in [1.165, 1.54) is 0 Å². The van der Waals surface area contributed by atoms with Crippen molar-refractivity contribution in [3.63, 3.8) is 0 Å². The topological polar surface area (TPSA) is 45.6 Å². The molecule has 0 spiro atoms. The fourth-order valence-corrected chi connectivity index (χ4v) is 2.85. The van der Waals surface area contributed by atoms with Gasteiger partial charge in [0.25, 0.3) is 0 Å². The van der Waals surface area contributed by atoms with Crippen LogP contribution in [0.1, 0.15) is 24.6 Å². The minimum absolute atomic E-state index is 0.0662. The van der Waals surface area contributed by atoms with E-state index in [0.717, 1.165) is 35.9 Å². The number of aromatic nitrogens is 1. The van der Waals surface area contributed by atoms with Crippen molar-refractivity contribution in [3.8, 4) is 0 Å². The summed E-state index contributed by atoms with van der Waals surface area (Å²) in [7, 11) is 1.77.